The lowest BCUT2D eigenvalue weighted by Gasteiger charge is -1.91. The fourth-order valence-electron chi connectivity index (χ4n) is 1.06. The summed E-state index contributed by atoms with van der Waals surface area (Å²) in [7, 11) is 0. The summed E-state index contributed by atoms with van der Waals surface area (Å²) in [6.45, 7) is 0. The molecular weight excluding hydrogens is 124 g/mol. The van der Waals surface area contributed by atoms with E-state index < -0.39 is 0 Å². The van der Waals surface area contributed by atoms with Crippen LogP contribution in [0.2, 0.25) is 0 Å². The zero-order valence-corrected chi connectivity index (χ0v) is 5.29. The summed E-state index contributed by atoms with van der Waals surface area (Å²) in [5.41, 5.74) is 1.77. The maximum Gasteiger partial charge on any atom is 0.186 e. The average molecular weight is 129 g/mol. The second kappa shape index (κ2) is 1.81. The van der Waals surface area contributed by atoms with Gasteiger partial charge in [-0.25, -0.2) is 0 Å². The van der Waals surface area contributed by atoms with Gasteiger partial charge in [0.1, 0.15) is 0 Å². The lowest BCUT2D eigenvalue weighted by Crippen LogP contribution is -1.89. The molecule has 1 nitrogen and oxygen atoms in total. The molecule has 0 saturated heterocycles. The third-order valence-electron chi connectivity index (χ3n) is 1.58. The highest BCUT2D eigenvalue weighted by Crippen LogP contribution is 2.17. The molecule has 0 N–H and O–H groups in total. The Labute approximate surface area is 59.0 Å². The minimum Gasteiger partial charge on any atom is -0.289 e. The normalized spacial score (nSPS) is 13.8. The van der Waals surface area contributed by atoms with E-state index >= 15 is 0 Å². The SMILES string of the molecule is O=C1C=Cc2c[c]ccc21. The van der Waals surface area contributed by atoms with Gasteiger partial charge in [-0.3, -0.25) is 4.79 Å². The van der Waals surface area contributed by atoms with Crippen LogP contribution in [0.3, 0.4) is 0 Å². The number of ketones is 1. The first-order valence-electron chi connectivity index (χ1n) is 3.10. The molecule has 0 aliphatic heterocycles. The molecule has 0 amide bonds. The molecule has 1 aromatic carbocycles. The third kappa shape index (κ3) is 0.605. The van der Waals surface area contributed by atoms with E-state index in [2.05, 4.69) is 6.07 Å². The Balaban J connectivity index is 2.70. The van der Waals surface area contributed by atoms with Gasteiger partial charge in [0.05, 0.1) is 0 Å². The molecule has 1 aliphatic rings. The summed E-state index contributed by atoms with van der Waals surface area (Å²) in [4.78, 5) is 11.0. The highest BCUT2D eigenvalue weighted by molar-refractivity contribution is 6.13. The molecular formula is C9H5O. The van der Waals surface area contributed by atoms with Crippen LogP contribution in [0.1, 0.15) is 15.9 Å². The Kier molecular flexibility index (Phi) is 0.978. The van der Waals surface area contributed by atoms with Gasteiger partial charge in [-0.15, -0.1) is 0 Å². The van der Waals surface area contributed by atoms with Crippen LogP contribution in [0.15, 0.2) is 24.3 Å². The first-order valence-corrected chi connectivity index (χ1v) is 3.10. The molecule has 1 aromatic rings. The van der Waals surface area contributed by atoms with Gasteiger partial charge in [-0.1, -0.05) is 12.1 Å². The van der Waals surface area contributed by atoms with Gasteiger partial charge in [0.15, 0.2) is 5.78 Å². The van der Waals surface area contributed by atoms with Crippen molar-refractivity contribution < 1.29 is 4.79 Å². The van der Waals surface area contributed by atoms with E-state index in [0.29, 0.717) is 0 Å². The Hall–Kier alpha value is -1.37. The van der Waals surface area contributed by atoms with Crippen LogP contribution in [0.4, 0.5) is 0 Å². The molecule has 1 aliphatic carbocycles. The average Bonchev–Trinajstić information content (AvgIpc) is 2.34. The van der Waals surface area contributed by atoms with Crippen molar-refractivity contribution in [2.45, 2.75) is 0 Å². The number of hydrogen-bond acceptors (Lipinski definition) is 1. The largest absolute Gasteiger partial charge is 0.289 e. The zero-order chi connectivity index (χ0) is 6.97. The fraction of sp³-hybridized carbons (Fsp3) is 0. The lowest BCUT2D eigenvalue weighted by molar-refractivity contribution is 0.105. The van der Waals surface area contributed by atoms with Gasteiger partial charge >= 0.3 is 0 Å². The second-order valence-electron chi connectivity index (χ2n) is 2.21. The summed E-state index contributed by atoms with van der Waals surface area (Å²) < 4.78 is 0. The number of rotatable bonds is 0. The van der Waals surface area contributed by atoms with Crippen LogP contribution < -0.4 is 0 Å². The molecule has 1 heteroatoms. The first-order chi connectivity index (χ1) is 4.88. The van der Waals surface area contributed by atoms with Crippen molar-refractivity contribution in [3.63, 3.8) is 0 Å². The molecule has 47 valence electrons. The third-order valence-corrected chi connectivity index (χ3v) is 1.58. The lowest BCUT2D eigenvalue weighted by atomic mass is 10.1. The predicted molar refractivity (Wildman–Crippen MR) is 38.6 cm³/mol. The van der Waals surface area contributed by atoms with E-state index in [9.17, 15) is 4.79 Å². The molecule has 10 heavy (non-hydrogen) atoms. The summed E-state index contributed by atoms with van der Waals surface area (Å²) >= 11 is 0. The zero-order valence-electron chi connectivity index (χ0n) is 5.29. The van der Waals surface area contributed by atoms with E-state index in [-0.39, 0.29) is 5.78 Å². The topological polar surface area (TPSA) is 17.1 Å². The molecule has 0 aromatic heterocycles. The van der Waals surface area contributed by atoms with Crippen LogP contribution in [0.25, 0.3) is 6.08 Å². The van der Waals surface area contributed by atoms with E-state index in [1.54, 1.807) is 18.2 Å². The molecule has 0 unspecified atom stereocenters. The minimum absolute atomic E-state index is 0.101. The first kappa shape index (κ1) is 5.42. The van der Waals surface area contributed by atoms with Crippen molar-refractivity contribution in [3.8, 4) is 0 Å². The maximum atomic E-state index is 11.0. The van der Waals surface area contributed by atoms with Crippen LogP contribution in [0, 0.1) is 6.07 Å². The number of carbonyl (C=O) groups is 1. The Morgan fingerprint density at radius 1 is 1.30 bits per heavy atom. The summed E-state index contributed by atoms with van der Waals surface area (Å²) in [6.07, 6.45) is 3.40. The standard InChI is InChI=1S/C9H5O/c10-9-6-5-7-3-1-2-4-8(7)9/h2-6H. The Morgan fingerprint density at radius 2 is 2.20 bits per heavy atom. The molecule has 0 heterocycles. The number of hydrogen-bond donors (Lipinski definition) is 0. The number of carbonyl (C=O) groups excluding carboxylic acids is 1. The van der Waals surface area contributed by atoms with Crippen LogP contribution in [-0.4, -0.2) is 5.78 Å². The number of fused-ring (bicyclic) bond motifs is 1. The Bertz CT molecular complexity index is 310. The van der Waals surface area contributed by atoms with E-state index in [1.807, 2.05) is 12.1 Å². The van der Waals surface area contributed by atoms with Gasteiger partial charge in [0.25, 0.3) is 0 Å². The number of allylic oxidation sites excluding steroid dienone is 1. The van der Waals surface area contributed by atoms with Crippen molar-refractivity contribution in [2.24, 2.45) is 0 Å². The van der Waals surface area contributed by atoms with Crippen molar-refractivity contribution >= 4 is 11.9 Å². The van der Waals surface area contributed by atoms with Crippen molar-refractivity contribution in [3.05, 3.63) is 41.5 Å². The molecule has 2 rings (SSSR count). The van der Waals surface area contributed by atoms with Crippen LogP contribution in [0.5, 0.6) is 0 Å². The summed E-state index contributed by atoms with van der Waals surface area (Å²) in [5.74, 6) is 0.101. The maximum absolute atomic E-state index is 11.0. The van der Waals surface area contributed by atoms with Crippen molar-refractivity contribution in [2.75, 3.05) is 0 Å². The quantitative estimate of drug-likeness (QED) is 0.521. The predicted octanol–water partition coefficient (Wildman–Crippen LogP) is 1.70. The van der Waals surface area contributed by atoms with E-state index in [1.165, 1.54) is 0 Å². The summed E-state index contributed by atoms with van der Waals surface area (Å²) in [6, 6.07) is 8.27. The van der Waals surface area contributed by atoms with Crippen molar-refractivity contribution in [1.82, 2.24) is 0 Å². The summed E-state index contributed by atoms with van der Waals surface area (Å²) in [5, 5.41) is 0. The fourth-order valence-corrected chi connectivity index (χ4v) is 1.06. The monoisotopic (exact) mass is 129 g/mol. The molecule has 0 atom stereocenters. The molecule has 0 spiro atoms. The number of benzene rings is 1. The highest BCUT2D eigenvalue weighted by atomic mass is 16.1. The molecule has 0 saturated carbocycles. The molecule has 1 radical (unpaired) electrons. The Morgan fingerprint density at radius 3 is 3.00 bits per heavy atom. The van der Waals surface area contributed by atoms with Gasteiger partial charge in [0.2, 0.25) is 0 Å². The van der Waals surface area contributed by atoms with Crippen LogP contribution in [-0.2, 0) is 0 Å². The van der Waals surface area contributed by atoms with Gasteiger partial charge in [-0.05, 0) is 29.8 Å². The molecule has 0 bridgehead atoms. The van der Waals surface area contributed by atoms with Gasteiger partial charge in [0, 0.05) is 5.56 Å². The van der Waals surface area contributed by atoms with E-state index in [0.717, 1.165) is 11.1 Å². The van der Waals surface area contributed by atoms with Gasteiger partial charge in [-0.2, -0.15) is 0 Å². The van der Waals surface area contributed by atoms with Gasteiger partial charge < -0.3 is 0 Å². The van der Waals surface area contributed by atoms with E-state index in [4.69, 9.17) is 0 Å². The molecule has 0 fully saturated rings. The van der Waals surface area contributed by atoms with Crippen LogP contribution >= 0.6 is 0 Å². The minimum atomic E-state index is 0.101. The smallest absolute Gasteiger partial charge is 0.186 e. The van der Waals surface area contributed by atoms with Crippen molar-refractivity contribution in [1.29, 1.82) is 0 Å². The highest BCUT2D eigenvalue weighted by Gasteiger charge is 2.10. The second-order valence-corrected chi connectivity index (χ2v) is 2.21.